The fraction of sp³-hybridized carbons (Fsp3) is 0.727. The van der Waals surface area contributed by atoms with Gasteiger partial charge >= 0.3 is 0 Å². The van der Waals surface area contributed by atoms with E-state index in [2.05, 4.69) is 39.2 Å². The van der Waals surface area contributed by atoms with Gasteiger partial charge in [0.25, 0.3) is 5.91 Å². The number of nitrogens with one attached hydrogen (secondary N) is 2. The zero-order valence-electron chi connectivity index (χ0n) is 10.8. The average Bonchev–Trinajstić information content (AvgIpc) is 2.91. The highest BCUT2D eigenvalue weighted by molar-refractivity contribution is 5.90. The maximum Gasteiger partial charge on any atom is 0.288 e. The number of H-pyrrole nitrogens is 1. The van der Waals surface area contributed by atoms with Crippen molar-refractivity contribution in [1.29, 1.82) is 0 Å². The summed E-state index contributed by atoms with van der Waals surface area (Å²) in [5.74, 6) is 0.0154. The summed E-state index contributed by atoms with van der Waals surface area (Å²) in [4.78, 5) is 17.9. The lowest BCUT2D eigenvalue weighted by Crippen LogP contribution is -2.55. The molecule has 0 spiro atoms. The normalized spacial score (nSPS) is 17.7. The first kappa shape index (κ1) is 13.0. The monoisotopic (exact) mass is 253 g/mol. The zero-order valence-corrected chi connectivity index (χ0v) is 10.8. The van der Waals surface area contributed by atoms with E-state index in [0.29, 0.717) is 6.54 Å². The van der Waals surface area contributed by atoms with Gasteiger partial charge in [-0.15, -0.1) is 0 Å². The highest BCUT2D eigenvalue weighted by Gasteiger charge is 2.28. The third-order valence-electron chi connectivity index (χ3n) is 3.18. The van der Waals surface area contributed by atoms with Crippen molar-refractivity contribution >= 4 is 5.91 Å². The van der Waals surface area contributed by atoms with Crippen LogP contribution in [0.4, 0.5) is 0 Å². The lowest BCUT2D eigenvalue weighted by Gasteiger charge is -2.40. The van der Waals surface area contributed by atoms with Gasteiger partial charge in [-0.2, -0.15) is 5.10 Å². The standard InChI is InChI=1S/C11H19N5O2/c1-11(2,16-3-5-18-6-4-16)7-12-10(17)9-13-8-14-15-9/h8H,3-7H2,1-2H3,(H,12,17)(H,13,14,15). The molecule has 0 aromatic carbocycles. The first-order chi connectivity index (χ1) is 8.59. The molecule has 0 unspecified atom stereocenters. The van der Waals surface area contributed by atoms with E-state index < -0.39 is 0 Å². The number of hydrogen-bond donors (Lipinski definition) is 2. The predicted molar refractivity (Wildman–Crippen MR) is 65.2 cm³/mol. The summed E-state index contributed by atoms with van der Waals surface area (Å²) >= 11 is 0. The minimum absolute atomic E-state index is 0.0978. The molecule has 7 heteroatoms. The molecule has 1 aliphatic heterocycles. The Morgan fingerprint density at radius 3 is 2.89 bits per heavy atom. The third-order valence-corrected chi connectivity index (χ3v) is 3.18. The highest BCUT2D eigenvalue weighted by Crippen LogP contribution is 2.15. The number of morpholine rings is 1. The van der Waals surface area contributed by atoms with Gasteiger partial charge in [-0.05, 0) is 13.8 Å². The Labute approximate surface area is 106 Å². The Kier molecular flexibility index (Phi) is 3.93. The van der Waals surface area contributed by atoms with Crippen molar-refractivity contribution in [3.63, 3.8) is 0 Å². The summed E-state index contributed by atoms with van der Waals surface area (Å²) < 4.78 is 5.33. The van der Waals surface area contributed by atoms with Crippen molar-refractivity contribution < 1.29 is 9.53 Å². The van der Waals surface area contributed by atoms with E-state index in [1.165, 1.54) is 6.33 Å². The van der Waals surface area contributed by atoms with Crippen LogP contribution in [0.15, 0.2) is 6.33 Å². The topological polar surface area (TPSA) is 83.1 Å². The summed E-state index contributed by atoms with van der Waals surface area (Å²) in [7, 11) is 0. The van der Waals surface area contributed by atoms with Crippen LogP contribution < -0.4 is 5.32 Å². The summed E-state index contributed by atoms with van der Waals surface area (Å²) in [6, 6.07) is 0. The van der Waals surface area contributed by atoms with Crippen LogP contribution in [0, 0.1) is 0 Å². The average molecular weight is 253 g/mol. The molecular weight excluding hydrogens is 234 g/mol. The molecule has 1 amide bonds. The van der Waals surface area contributed by atoms with Gasteiger partial charge in [-0.25, -0.2) is 4.98 Å². The van der Waals surface area contributed by atoms with Crippen LogP contribution >= 0.6 is 0 Å². The smallest absolute Gasteiger partial charge is 0.288 e. The van der Waals surface area contributed by atoms with Gasteiger partial charge in [0.15, 0.2) is 0 Å². The Morgan fingerprint density at radius 2 is 2.28 bits per heavy atom. The number of carbonyl (C=O) groups excluding carboxylic acids is 1. The predicted octanol–water partition coefficient (Wildman–Crippen LogP) is -0.355. The molecule has 0 radical (unpaired) electrons. The van der Waals surface area contributed by atoms with Gasteiger partial charge in [0.05, 0.1) is 13.2 Å². The largest absolute Gasteiger partial charge is 0.379 e. The number of rotatable bonds is 4. The molecule has 7 nitrogen and oxygen atoms in total. The molecule has 1 aliphatic rings. The quantitative estimate of drug-likeness (QED) is 0.766. The molecule has 1 aromatic rings. The first-order valence-electron chi connectivity index (χ1n) is 6.06. The second-order valence-corrected chi connectivity index (χ2v) is 4.93. The van der Waals surface area contributed by atoms with Crippen LogP contribution in [0.3, 0.4) is 0 Å². The summed E-state index contributed by atoms with van der Waals surface area (Å²) in [5, 5.41) is 9.07. The van der Waals surface area contributed by atoms with E-state index in [-0.39, 0.29) is 17.3 Å². The molecule has 1 fully saturated rings. The molecule has 0 saturated carbocycles. The number of aromatic amines is 1. The molecule has 0 atom stereocenters. The van der Waals surface area contributed by atoms with Crippen LogP contribution in [-0.2, 0) is 4.74 Å². The number of hydrogen-bond acceptors (Lipinski definition) is 5. The molecule has 2 N–H and O–H groups in total. The van der Waals surface area contributed by atoms with Crippen molar-refractivity contribution in [2.75, 3.05) is 32.8 Å². The Balaban J connectivity index is 1.86. The SMILES string of the molecule is CC(C)(CNC(=O)c1ncn[nH]1)N1CCOCC1. The second kappa shape index (κ2) is 5.45. The number of amides is 1. The molecule has 100 valence electrons. The van der Waals surface area contributed by atoms with Gasteiger partial charge in [0, 0.05) is 25.2 Å². The van der Waals surface area contributed by atoms with E-state index in [1.807, 2.05) is 0 Å². The molecular formula is C11H19N5O2. The fourth-order valence-corrected chi connectivity index (χ4v) is 1.98. The van der Waals surface area contributed by atoms with Gasteiger partial charge in [0.1, 0.15) is 6.33 Å². The van der Waals surface area contributed by atoms with E-state index in [0.717, 1.165) is 26.3 Å². The van der Waals surface area contributed by atoms with Crippen LogP contribution in [-0.4, -0.2) is 64.4 Å². The summed E-state index contributed by atoms with van der Waals surface area (Å²) in [6.45, 7) is 8.07. The van der Waals surface area contributed by atoms with Crippen molar-refractivity contribution in [3.8, 4) is 0 Å². The summed E-state index contributed by atoms with van der Waals surface area (Å²) in [6.07, 6.45) is 1.32. The third kappa shape index (κ3) is 3.05. The maximum atomic E-state index is 11.7. The zero-order chi connectivity index (χ0) is 13.0. The highest BCUT2D eigenvalue weighted by atomic mass is 16.5. The van der Waals surface area contributed by atoms with E-state index in [4.69, 9.17) is 4.74 Å². The number of carbonyl (C=O) groups is 1. The van der Waals surface area contributed by atoms with Crippen molar-refractivity contribution in [3.05, 3.63) is 12.2 Å². The lowest BCUT2D eigenvalue weighted by molar-refractivity contribution is -0.00926. The number of ether oxygens (including phenoxy) is 1. The van der Waals surface area contributed by atoms with Crippen molar-refractivity contribution in [1.82, 2.24) is 25.4 Å². The second-order valence-electron chi connectivity index (χ2n) is 4.93. The molecule has 18 heavy (non-hydrogen) atoms. The first-order valence-corrected chi connectivity index (χ1v) is 6.06. The van der Waals surface area contributed by atoms with Gasteiger partial charge in [-0.3, -0.25) is 14.8 Å². The van der Waals surface area contributed by atoms with Crippen LogP contribution in [0.1, 0.15) is 24.5 Å². The summed E-state index contributed by atoms with van der Waals surface area (Å²) in [5.41, 5.74) is -0.0978. The van der Waals surface area contributed by atoms with Gasteiger partial charge in [-0.1, -0.05) is 0 Å². The molecule has 1 aromatic heterocycles. The molecule has 0 aliphatic carbocycles. The van der Waals surface area contributed by atoms with E-state index >= 15 is 0 Å². The van der Waals surface area contributed by atoms with Gasteiger partial charge in [0.2, 0.25) is 5.82 Å². The number of aromatic nitrogens is 3. The molecule has 1 saturated heterocycles. The Morgan fingerprint density at radius 1 is 1.56 bits per heavy atom. The Bertz CT molecular complexity index is 384. The van der Waals surface area contributed by atoms with E-state index in [9.17, 15) is 4.79 Å². The van der Waals surface area contributed by atoms with Crippen molar-refractivity contribution in [2.45, 2.75) is 19.4 Å². The number of nitrogens with zero attached hydrogens (tertiary/aromatic N) is 3. The minimum atomic E-state index is -0.228. The molecule has 2 rings (SSSR count). The van der Waals surface area contributed by atoms with Crippen LogP contribution in [0.2, 0.25) is 0 Å². The van der Waals surface area contributed by atoms with Crippen LogP contribution in [0.25, 0.3) is 0 Å². The minimum Gasteiger partial charge on any atom is -0.379 e. The molecule has 0 bridgehead atoms. The van der Waals surface area contributed by atoms with Gasteiger partial charge < -0.3 is 10.1 Å². The molecule has 2 heterocycles. The maximum absolute atomic E-state index is 11.7. The van der Waals surface area contributed by atoms with E-state index in [1.54, 1.807) is 0 Å². The Hall–Kier alpha value is -1.47. The van der Waals surface area contributed by atoms with Crippen LogP contribution in [0.5, 0.6) is 0 Å². The van der Waals surface area contributed by atoms with Crippen molar-refractivity contribution in [2.24, 2.45) is 0 Å². The lowest BCUT2D eigenvalue weighted by atomic mass is 10.0. The fourth-order valence-electron chi connectivity index (χ4n) is 1.98.